The van der Waals surface area contributed by atoms with Crippen LogP contribution in [0, 0.1) is 10.1 Å². The number of hydrogen-bond acceptors (Lipinski definition) is 4. The Bertz CT molecular complexity index is 626. The van der Waals surface area contributed by atoms with Crippen LogP contribution in [0.3, 0.4) is 0 Å². The fourth-order valence-electron chi connectivity index (χ4n) is 1.90. The van der Waals surface area contributed by atoms with E-state index >= 15 is 0 Å². The van der Waals surface area contributed by atoms with Gasteiger partial charge in [-0.1, -0.05) is 30.3 Å². The number of carbonyl (C=O) groups excluding carboxylic acids is 1. The minimum absolute atomic E-state index is 0.0284. The first kappa shape index (κ1) is 14.7. The highest BCUT2D eigenvalue weighted by Gasteiger charge is 2.20. The van der Waals surface area contributed by atoms with Crippen LogP contribution in [-0.2, 0) is 9.53 Å². The highest BCUT2D eigenvalue weighted by Crippen LogP contribution is 2.20. The van der Waals surface area contributed by atoms with Crippen molar-refractivity contribution in [1.29, 1.82) is 0 Å². The number of benzene rings is 2. The van der Waals surface area contributed by atoms with Crippen LogP contribution in [-0.4, -0.2) is 17.9 Å². The van der Waals surface area contributed by atoms with Crippen molar-refractivity contribution in [2.45, 2.75) is 6.10 Å². The normalized spacial score (nSPS) is 11.7. The lowest BCUT2D eigenvalue weighted by Gasteiger charge is -2.15. The molecule has 0 saturated heterocycles. The summed E-state index contributed by atoms with van der Waals surface area (Å²) >= 11 is 0. The number of amides is 1. The number of methoxy groups -OCH3 is 1. The van der Waals surface area contributed by atoms with Crippen molar-refractivity contribution in [3.8, 4) is 0 Å². The summed E-state index contributed by atoms with van der Waals surface area (Å²) in [7, 11) is 1.45. The molecule has 21 heavy (non-hydrogen) atoms. The fraction of sp³-hybridized carbons (Fsp3) is 0.133. The maximum atomic E-state index is 12.2. The van der Waals surface area contributed by atoms with Crippen LogP contribution in [0.25, 0.3) is 0 Å². The minimum Gasteiger partial charge on any atom is -0.367 e. The summed E-state index contributed by atoms with van der Waals surface area (Å²) in [4.78, 5) is 22.3. The molecule has 0 aliphatic heterocycles. The molecule has 0 radical (unpaired) electrons. The number of nitrogens with one attached hydrogen (secondary N) is 1. The van der Waals surface area contributed by atoms with Gasteiger partial charge < -0.3 is 10.1 Å². The Labute approximate surface area is 121 Å². The largest absolute Gasteiger partial charge is 0.367 e. The third-order valence-electron chi connectivity index (χ3n) is 2.92. The van der Waals surface area contributed by atoms with Gasteiger partial charge in [0.1, 0.15) is 0 Å². The molecule has 6 nitrogen and oxygen atoms in total. The van der Waals surface area contributed by atoms with Crippen molar-refractivity contribution < 1.29 is 14.5 Å². The lowest BCUT2D eigenvalue weighted by atomic mass is 10.1. The Balaban J connectivity index is 2.11. The third kappa shape index (κ3) is 3.64. The third-order valence-corrected chi connectivity index (χ3v) is 2.92. The second-order valence-electron chi connectivity index (χ2n) is 4.32. The quantitative estimate of drug-likeness (QED) is 0.676. The number of hydrogen-bond donors (Lipinski definition) is 1. The number of nitrogens with zero attached hydrogens (tertiary/aromatic N) is 1. The fourth-order valence-corrected chi connectivity index (χ4v) is 1.90. The van der Waals surface area contributed by atoms with E-state index in [1.54, 1.807) is 12.1 Å². The first-order valence-corrected chi connectivity index (χ1v) is 6.25. The van der Waals surface area contributed by atoms with Crippen LogP contribution in [0.5, 0.6) is 0 Å². The Hall–Kier alpha value is -2.73. The van der Waals surface area contributed by atoms with Crippen molar-refractivity contribution in [3.63, 3.8) is 0 Å². The summed E-state index contributed by atoms with van der Waals surface area (Å²) in [6.07, 6.45) is -0.735. The zero-order valence-electron chi connectivity index (χ0n) is 11.4. The average molecular weight is 286 g/mol. The Morgan fingerprint density at radius 1 is 1.14 bits per heavy atom. The highest BCUT2D eigenvalue weighted by molar-refractivity contribution is 5.94. The zero-order chi connectivity index (χ0) is 15.2. The lowest BCUT2D eigenvalue weighted by molar-refractivity contribution is -0.384. The summed E-state index contributed by atoms with van der Waals surface area (Å²) in [6.45, 7) is 0. The first-order valence-electron chi connectivity index (χ1n) is 6.25. The van der Waals surface area contributed by atoms with Gasteiger partial charge >= 0.3 is 0 Å². The second kappa shape index (κ2) is 6.62. The van der Waals surface area contributed by atoms with E-state index in [0.717, 1.165) is 5.56 Å². The number of anilines is 1. The van der Waals surface area contributed by atoms with Gasteiger partial charge in [-0.05, 0) is 17.7 Å². The summed E-state index contributed by atoms with van der Waals surface area (Å²) in [6, 6.07) is 14.7. The molecule has 0 aromatic heterocycles. The number of nitro benzene ring substituents is 1. The van der Waals surface area contributed by atoms with Gasteiger partial charge in [0.15, 0.2) is 6.10 Å². The molecule has 1 atom stereocenters. The molecule has 0 heterocycles. The molecule has 0 saturated carbocycles. The van der Waals surface area contributed by atoms with Gasteiger partial charge in [0.25, 0.3) is 11.6 Å². The predicted octanol–water partition coefficient (Wildman–Crippen LogP) is 2.92. The molecule has 6 heteroatoms. The summed E-state index contributed by atoms with van der Waals surface area (Å²) < 4.78 is 5.21. The maximum Gasteiger partial charge on any atom is 0.269 e. The number of nitro groups is 1. The zero-order valence-corrected chi connectivity index (χ0v) is 11.4. The van der Waals surface area contributed by atoms with Crippen molar-refractivity contribution in [2.75, 3.05) is 12.4 Å². The van der Waals surface area contributed by atoms with Crippen LogP contribution < -0.4 is 5.32 Å². The number of non-ortho nitro benzene ring substituents is 1. The van der Waals surface area contributed by atoms with E-state index in [1.807, 2.05) is 18.2 Å². The molecule has 108 valence electrons. The topological polar surface area (TPSA) is 81.5 Å². The molecule has 2 aromatic rings. The van der Waals surface area contributed by atoms with Crippen LogP contribution in [0.1, 0.15) is 11.7 Å². The van der Waals surface area contributed by atoms with Crippen molar-refractivity contribution in [3.05, 3.63) is 70.3 Å². The van der Waals surface area contributed by atoms with E-state index in [9.17, 15) is 14.9 Å². The van der Waals surface area contributed by atoms with Crippen molar-refractivity contribution in [1.82, 2.24) is 0 Å². The van der Waals surface area contributed by atoms with E-state index in [0.29, 0.717) is 5.69 Å². The molecule has 1 N–H and O–H groups in total. The van der Waals surface area contributed by atoms with Gasteiger partial charge in [-0.25, -0.2) is 0 Å². The number of carbonyl (C=O) groups is 1. The van der Waals surface area contributed by atoms with Gasteiger partial charge in [-0.15, -0.1) is 0 Å². The molecule has 2 aromatic carbocycles. The molecule has 0 aliphatic rings. The van der Waals surface area contributed by atoms with Gasteiger partial charge in [-0.3, -0.25) is 14.9 Å². The van der Waals surface area contributed by atoms with Crippen LogP contribution >= 0.6 is 0 Å². The standard InChI is InChI=1S/C15H14N2O4/c1-21-14(11-5-3-2-4-6-11)15(18)16-12-7-9-13(10-8-12)17(19)20/h2-10,14H,1H3,(H,16,18). The van der Waals surface area contributed by atoms with Crippen molar-refractivity contribution in [2.24, 2.45) is 0 Å². The Morgan fingerprint density at radius 3 is 2.29 bits per heavy atom. The molecule has 0 bridgehead atoms. The maximum absolute atomic E-state index is 12.2. The van der Waals surface area contributed by atoms with Crippen LogP contribution in [0.2, 0.25) is 0 Å². The van der Waals surface area contributed by atoms with Gasteiger partial charge in [0, 0.05) is 24.9 Å². The van der Waals surface area contributed by atoms with Gasteiger partial charge in [-0.2, -0.15) is 0 Å². The van der Waals surface area contributed by atoms with E-state index in [-0.39, 0.29) is 11.6 Å². The van der Waals surface area contributed by atoms with Crippen molar-refractivity contribution >= 4 is 17.3 Å². The van der Waals surface area contributed by atoms with E-state index in [4.69, 9.17) is 4.74 Å². The van der Waals surface area contributed by atoms with Crippen LogP contribution in [0.4, 0.5) is 11.4 Å². The van der Waals surface area contributed by atoms with E-state index in [2.05, 4.69) is 5.32 Å². The smallest absolute Gasteiger partial charge is 0.269 e. The predicted molar refractivity (Wildman–Crippen MR) is 77.9 cm³/mol. The van der Waals surface area contributed by atoms with E-state index < -0.39 is 11.0 Å². The molecule has 1 unspecified atom stereocenters. The molecule has 2 rings (SSSR count). The van der Waals surface area contributed by atoms with Gasteiger partial charge in [0.05, 0.1) is 4.92 Å². The molecule has 0 aliphatic carbocycles. The summed E-state index contributed by atoms with van der Waals surface area (Å²) in [5.74, 6) is -0.336. The number of rotatable bonds is 5. The Morgan fingerprint density at radius 2 is 1.76 bits per heavy atom. The van der Waals surface area contributed by atoms with E-state index in [1.165, 1.54) is 31.4 Å². The first-order chi connectivity index (χ1) is 10.1. The molecule has 0 fully saturated rings. The highest BCUT2D eigenvalue weighted by atomic mass is 16.6. The summed E-state index contributed by atoms with van der Waals surface area (Å²) in [5.41, 5.74) is 1.18. The number of ether oxygens (including phenoxy) is 1. The monoisotopic (exact) mass is 286 g/mol. The van der Waals surface area contributed by atoms with Crippen LogP contribution in [0.15, 0.2) is 54.6 Å². The molecular formula is C15H14N2O4. The molecular weight excluding hydrogens is 272 g/mol. The average Bonchev–Trinajstić information content (AvgIpc) is 2.49. The SMILES string of the molecule is COC(C(=O)Nc1ccc([N+](=O)[O-])cc1)c1ccccc1. The lowest BCUT2D eigenvalue weighted by Crippen LogP contribution is -2.22. The second-order valence-corrected chi connectivity index (χ2v) is 4.32. The summed E-state index contributed by atoms with van der Waals surface area (Å²) in [5, 5.41) is 13.2. The molecule has 1 amide bonds. The van der Waals surface area contributed by atoms with Gasteiger partial charge in [0.2, 0.25) is 0 Å². The molecule has 0 spiro atoms. The minimum atomic E-state index is -0.735. The Kier molecular flexibility index (Phi) is 4.63.